The highest BCUT2D eigenvalue weighted by atomic mass is 32.2. The van der Waals surface area contributed by atoms with Crippen molar-refractivity contribution in [3.05, 3.63) is 59.9 Å². The minimum absolute atomic E-state index is 0.00656. The molecule has 2 aromatic rings. The largest absolute Gasteiger partial charge is 0.497 e. The quantitative estimate of drug-likeness (QED) is 0.778. The minimum atomic E-state index is -3.27. The molecule has 0 saturated carbocycles. The van der Waals surface area contributed by atoms with Gasteiger partial charge in [0.1, 0.15) is 11.6 Å². The molecule has 1 amide bonds. The third kappa shape index (κ3) is 3.62. The maximum atomic E-state index is 13.2. The molecule has 2 heterocycles. The van der Waals surface area contributed by atoms with Crippen LogP contribution in [0.15, 0.2) is 48.5 Å². The first-order chi connectivity index (χ1) is 13.4. The van der Waals surface area contributed by atoms with Crippen molar-refractivity contribution in [1.82, 2.24) is 4.90 Å². The number of hydrogen-bond acceptors (Lipinski definition) is 5. The number of carbonyl (C=O) groups is 1. The van der Waals surface area contributed by atoms with Crippen LogP contribution in [0.25, 0.3) is 0 Å². The summed E-state index contributed by atoms with van der Waals surface area (Å²) < 4.78 is 43.2. The van der Waals surface area contributed by atoms with E-state index in [0.29, 0.717) is 18.0 Å². The smallest absolute Gasteiger partial charge is 0.241 e. The van der Waals surface area contributed by atoms with Gasteiger partial charge in [-0.05, 0) is 29.8 Å². The van der Waals surface area contributed by atoms with Crippen LogP contribution in [0.1, 0.15) is 5.56 Å². The number of halogens is 1. The highest BCUT2D eigenvalue weighted by Crippen LogP contribution is 2.33. The molecule has 4 rings (SSSR count). The topological polar surface area (TPSA) is 66.9 Å². The van der Waals surface area contributed by atoms with E-state index < -0.39 is 15.9 Å². The number of methoxy groups -OCH3 is 1. The summed E-state index contributed by atoms with van der Waals surface area (Å²) in [6.45, 7) is 0.500. The van der Waals surface area contributed by atoms with Gasteiger partial charge in [-0.25, -0.2) is 12.8 Å². The second kappa shape index (κ2) is 7.18. The van der Waals surface area contributed by atoms with E-state index in [2.05, 4.69) is 0 Å². The zero-order chi connectivity index (χ0) is 19.9. The molecule has 2 aliphatic heterocycles. The minimum Gasteiger partial charge on any atom is -0.497 e. The van der Waals surface area contributed by atoms with Gasteiger partial charge in [-0.3, -0.25) is 9.69 Å². The van der Waals surface area contributed by atoms with Gasteiger partial charge in [0.2, 0.25) is 5.91 Å². The third-order valence-corrected chi connectivity index (χ3v) is 7.03. The maximum Gasteiger partial charge on any atom is 0.241 e. The van der Waals surface area contributed by atoms with Crippen LogP contribution in [0, 0.1) is 5.82 Å². The van der Waals surface area contributed by atoms with Crippen molar-refractivity contribution in [1.29, 1.82) is 0 Å². The lowest BCUT2D eigenvalue weighted by Gasteiger charge is -2.43. The van der Waals surface area contributed by atoms with Crippen LogP contribution in [0.5, 0.6) is 5.75 Å². The normalized spacial score (nSPS) is 24.2. The van der Waals surface area contributed by atoms with Crippen LogP contribution in [0.2, 0.25) is 0 Å². The number of hydrogen-bond donors (Lipinski definition) is 0. The Balaban J connectivity index is 1.66. The van der Waals surface area contributed by atoms with Crippen LogP contribution in [-0.2, 0) is 21.2 Å². The lowest BCUT2D eigenvalue weighted by Crippen LogP contribution is -2.61. The summed E-state index contributed by atoms with van der Waals surface area (Å²) in [4.78, 5) is 16.5. The van der Waals surface area contributed by atoms with Gasteiger partial charge < -0.3 is 9.64 Å². The average molecular weight is 404 g/mol. The molecule has 2 atom stereocenters. The molecular formula is C20H21FN2O4S. The number of fused-ring (bicyclic) bond motifs is 1. The van der Waals surface area contributed by atoms with E-state index in [1.165, 1.54) is 12.1 Å². The Labute approximate surface area is 163 Å². The highest BCUT2D eigenvalue weighted by molar-refractivity contribution is 7.91. The van der Waals surface area contributed by atoms with Crippen molar-refractivity contribution < 1.29 is 22.3 Å². The molecule has 0 bridgehead atoms. The van der Waals surface area contributed by atoms with Crippen molar-refractivity contribution in [3.63, 3.8) is 0 Å². The number of anilines is 1. The second-order valence-electron chi connectivity index (χ2n) is 7.21. The Morgan fingerprint density at radius 3 is 2.54 bits per heavy atom. The molecule has 2 saturated heterocycles. The second-order valence-corrected chi connectivity index (χ2v) is 9.36. The Bertz CT molecular complexity index is 994. The van der Waals surface area contributed by atoms with Crippen molar-refractivity contribution in [2.24, 2.45) is 0 Å². The average Bonchev–Trinajstić information content (AvgIpc) is 2.99. The fraction of sp³-hybridized carbons (Fsp3) is 0.350. The van der Waals surface area contributed by atoms with Gasteiger partial charge >= 0.3 is 0 Å². The molecule has 2 aliphatic rings. The number of benzene rings is 2. The van der Waals surface area contributed by atoms with Gasteiger partial charge in [0.15, 0.2) is 9.84 Å². The first-order valence-corrected chi connectivity index (χ1v) is 10.8. The molecule has 2 aromatic carbocycles. The van der Waals surface area contributed by atoms with Crippen LogP contribution >= 0.6 is 0 Å². The molecule has 8 heteroatoms. The monoisotopic (exact) mass is 404 g/mol. The molecule has 148 valence electrons. The van der Waals surface area contributed by atoms with Crippen molar-refractivity contribution >= 4 is 21.4 Å². The van der Waals surface area contributed by atoms with Crippen molar-refractivity contribution in [2.45, 2.75) is 18.6 Å². The van der Waals surface area contributed by atoms with Gasteiger partial charge in [0.05, 0.1) is 31.2 Å². The van der Waals surface area contributed by atoms with E-state index in [9.17, 15) is 17.6 Å². The first-order valence-electron chi connectivity index (χ1n) is 9.01. The van der Waals surface area contributed by atoms with Crippen LogP contribution < -0.4 is 9.64 Å². The lowest BCUT2D eigenvalue weighted by molar-refractivity contribution is -0.123. The third-order valence-electron chi connectivity index (χ3n) is 5.33. The van der Waals surface area contributed by atoms with Gasteiger partial charge in [0, 0.05) is 24.3 Å². The van der Waals surface area contributed by atoms with E-state index in [-0.39, 0.29) is 35.8 Å². The molecule has 28 heavy (non-hydrogen) atoms. The molecule has 2 fully saturated rings. The zero-order valence-corrected chi connectivity index (χ0v) is 16.2. The van der Waals surface area contributed by atoms with Crippen molar-refractivity contribution in [2.75, 3.05) is 30.1 Å². The number of ether oxygens (including phenoxy) is 1. The molecular weight excluding hydrogens is 383 g/mol. The summed E-state index contributed by atoms with van der Waals surface area (Å²) in [5.41, 5.74) is 1.48. The summed E-state index contributed by atoms with van der Waals surface area (Å²) >= 11 is 0. The summed E-state index contributed by atoms with van der Waals surface area (Å²) in [6.07, 6.45) is 0. The van der Waals surface area contributed by atoms with E-state index in [0.717, 1.165) is 5.56 Å². The summed E-state index contributed by atoms with van der Waals surface area (Å²) in [7, 11) is -1.72. The lowest BCUT2D eigenvalue weighted by atomic mass is 10.0. The molecule has 0 aromatic heterocycles. The number of sulfone groups is 1. The van der Waals surface area contributed by atoms with E-state index in [1.807, 2.05) is 4.90 Å². The number of nitrogens with zero attached hydrogens (tertiary/aromatic N) is 2. The number of amides is 1. The van der Waals surface area contributed by atoms with E-state index in [1.54, 1.807) is 48.4 Å². The van der Waals surface area contributed by atoms with Gasteiger partial charge in [0.25, 0.3) is 0 Å². The zero-order valence-electron chi connectivity index (χ0n) is 15.4. The number of rotatable bonds is 4. The highest BCUT2D eigenvalue weighted by Gasteiger charge is 2.49. The number of piperazine rings is 1. The summed E-state index contributed by atoms with van der Waals surface area (Å²) in [6, 6.07) is 12.4. The molecule has 6 nitrogen and oxygen atoms in total. The van der Waals surface area contributed by atoms with E-state index >= 15 is 0 Å². The predicted octanol–water partition coefficient (Wildman–Crippen LogP) is 1.85. The molecule has 0 N–H and O–H groups in total. The first kappa shape index (κ1) is 18.9. The standard InChI is InChI=1S/C20H21FN2O4S/c1-27-17-4-2-3-16(9-17)23-19-13-28(25,26)12-18(19)22(11-20(23)24)10-14-5-7-15(21)8-6-14/h2-9,18-19H,10-13H2,1H3/t18-,19-/m0/s1. The molecule has 0 radical (unpaired) electrons. The molecule has 0 aliphatic carbocycles. The Hall–Kier alpha value is -2.45. The predicted molar refractivity (Wildman–Crippen MR) is 104 cm³/mol. The SMILES string of the molecule is COc1cccc(N2C(=O)CN(Cc3ccc(F)cc3)[C@H]3CS(=O)(=O)C[C@@H]32)c1. The molecule has 0 unspecified atom stereocenters. The Morgan fingerprint density at radius 2 is 1.82 bits per heavy atom. The van der Waals surface area contributed by atoms with Crippen LogP contribution in [-0.4, -0.2) is 56.5 Å². The fourth-order valence-corrected chi connectivity index (χ4v) is 6.03. The Kier molecular flexibility index (Phi) is 4.84. The van der Waals surface area contributed by atoms with E-state index in [4.69, 9.17) is 4.74 Å². The number of carbonyl (C=O) groups excluding carboxylic acids is 1. The summed E-state index contributed by atoms with van der Waals surface area (Å²) in [5.74, 6) is 0.0572. The van der Waals surface area contributed by atoms with Crippen molar-refractivity contribution in [3.8, 4) is 5.75 Å². The fourth-order valence-electron chi connectivity index (χ4n) is 4.05. The maximum absolute atomic E-state index is 13.2. The van der Waals surface area contributed by atoms with Gasteiger partial charge in [-0.1, -0.05) is 18.2 Å². The van der Waals surface area contributed by atoms with Crippen LogP contribution in [0.4, 0.5) is 10.1 Å². The molecule has 0 spiro atoms. The Morgan fingerprint density at radius 1 is 1.11 bits per heavy atom. The summed E-state index contributed by atoms with van der Waals surface area (Å²) in [5, 5.41) is 0. The van der Waals surface area contributed by atoms with Crippen LogP contribution in [0.3, 0.4) is 0 Å². The van der Waals surface area contributed by atoms with Gasteiger partial charge in [-0.2, -0.15) is 0 Å². The van der Waals surface area contributed by atoms with Gasteiger partial charge in [-0.15, -0.1) is 0 Å².